The van der Waals surface area contributed by atoms with Crippen LogP contribution in [0.5, 0.6) is 0 Å². The molecule has 0 aliphatic rings. The summed E-state index contributed by atoms with van der Waals surface area (Å²) in [5.41, 5.74) is 0. The molecule has 0 aromatic heterocycles. The number of ether oxygens (including phenoxy) is 3. The molecule has 110 valence electrons. The molecule has 0 aliphatic heterocycles. The van der Waals surface area contributed by atoms with E-state index in [1.807, 2.05) is 0 Å². The van der Waals surface area contributed by atoms with Crippen molar-refractivity contribution in [1.29, 1.82) is 0 Å². The molecule has 0 unspecified atom stereocenters. The van der Waals surface area contributed by atoms with E-state index < -0.39 is 30.3 Å². The molecule has 0 saturated carbocycles. The molecule has 0 bridgehead atoms. The fourth-order valence-electron chi connectivity index (χ4n) is 0.738. The van der Waals surface area contributed by atoms with E-state index in [2.05, 4.69) is 14.2 Å². The van der Waals surface area contributed by atoms with Crippen molar-refractivity contribution >= 4 is 23.9 Å². The second-order valence-electron chi connectivity index (χ2n) is 2.93. The number of aliphatic carboxylic acids is 1. The van der Waals surface area contributed by atoms with E-state index in [1.165, 1.54) is 7.11 Å². The SMILES string of the molecule is CCOC(=O)CC(=O)O.CCOC(=O)CC(=O)OC.[K+]. The molecule has 0 rings (SSSR count). The molecule has 0 amide bonds. The second kappa shape index (κ2) is 16.6. The van der Waals surface area contributed by atoms with Crippen molar-refractivity contribution in [2.24, 2.45) is 0 Å². The van der Waals surface area contributed by atoms with Crippen molar-refractivity contribution in [2.75, 3.05) is 20.3 Å². The summed E-state index contributed by atoms with van der Waals surface area (Å²) < 4.78 is 13.0. The molecule has 0 aromatic rings. The Hall–Kier alpha value is -0.484. The Labute approximate surface area is 159 Å². The van der Waals surface area contributed by atoms with Crippen LogP contribution in [0.1, 0.15) is 26.7 Å². The van der Waals surface area contributed by atoms with Crippen LogP contribution in [0.15, 0.2) is 0 Å². The van der Waals surface area contributed by atoms with Gasteiger partial charge in [-0.05, 0) is 13.8 Å². The Morgan fingerprint density at radius 2 is 1.25 bits per heavy atom. The van der Waals surface area contributed by atoms with Gasteiger partial charge in [0.2, 0.25) is 0 Å². The first-order valence-electron chi connectivity index (χ1n) is 5.47. The number of esters is 3. The average molecular weight is 317 g/mol. The zero-order valence-corrected chi connectivity index (χ0v) is 15.3. The van der Waals surface area contributed by atoms with Crippen LogP contribution in [-0.2, 0) is 33.4 Å². The van der Waals surface area contributed by atoms with Crippen LogP contribution in [0.4, 0.5) is 0 Å². The van der Waals surface area contributed by atoms with Gasteiger partial charge in [-0.2, -0.15) is 0 Å². The summed E-state index contributed by atoms with van der Waals surface area (Å²) in [6, 6.07) is 0. The van der Waals surface area contributed by atoms with Gasteiger partial charge in [0.25, 0.3) is 0 Å². The zero-order chi connectivity index (χ0) is 15.3. The Morgan fingerprint density at radius 3 is 1.55 bits per heavy atom. The first-order valence-corrected chi connectivity index (χ1v) is 5.47. The predicted molar refractivity (Wildman–Crippen MR) is 62.2 cm³/mol. The molecule has 0 aromatic carbocycles. The third kappa shape index (κ3) is 19.8. The van der Waals surface area contributed by atoms with Crippen LogP contribution >= 0.6 is 0 Å². The fourth-order valence-corrected chi connectivity index (χ4v) is 0.738. The summed E-state index contributed by atoms with van der Waals surface area (Å²) in [4.78, 5) is 40.9. The molecule has 0 aliphatic carbocycles. The zero-order valence-electron chi connectivity index (χ0n) is 12.1. The van der Waals surface area contributed by atoms with Crippen molar-refractivity contribution in [2.45, 2.75) is 26.7 Å². The number of carbonyl (C=O) groups is 4. The summed E-state index contributed by atoms with van der Waals surface area (Å²) in [5, 5.41) is 8.01. The summed E-state index contributed by atoms with van der Waals surface area (Å²) in [6.45, 7) is 3.82. The van der Waals surface area contributed by atoms with E-state index in [0.717, 1.165) is 0 Å². The fraction of sp³-hybridized carbons (Fsp3) is 0.636. The Kier molecular flexibility index (Phi) is 20.3. The number of methoxy groups -OCH3 is 1. The topological polar surface area (TPSA) is 116 Å². The molecular weight excluding hydrogens is 299 g/mol. The van der Waals surface area contributed by atoms with Crippen molar-refractivity contribution in [1.82, 2.24) is 0 Å². The van der Waals surface area contributed by atoms with Crippen LogP contribution in [0.3, 0.4) is 0 Å². The smallest absolute Gasteiger partial charge is 0.481 e. The number of carboxylic acids is 1. The molecule has 0 spiro atoms. The molecule has 8 nitrogen and oxygen atoms in total. The van der Waals surface area contributed by atoms with E-state index in [9.17, 15) is 19.2 Å². The monoisotopic (exact) mass is 317 g/mol. The van der Waals surface area contributed by atoms with E-state index in [1.54, 1.807) is 13.8 Å². The maximum Gasteiger partial charge on any atom is 1.00 e. The summed E-state index contributed by atoms with van der Waals surface area (Å²) in [6.07, 6.45) is -0.849. The van der Waals surface area contributed by atoms with E-state index >= 15 is 0 Å². The van der Waals surface area contributed by atoms with Gasteiger partial charge in [-0.25, -0.2) is 0 Å². The van der Waals surface area contributed by atoms with E-state index in [0.29, 0.717) is 0 Å². The molecule has 0 heterocycles. The number of rotatable bonds is 6. The van der Waals surface area contributed by atoms with Crippen molar-refractivity contribution in [3.05, 3.63) is 0 Å². The van der Waals surface area contributed by atoms with Crippen molar-refractivity contribution in [3.63, 3.8) is 0 Å². The van der Waals surface area contributed by atoms with Crippen molar-refractivity contribution in [3.8, 4) is 0 Å². The number of carboxylic acid groups (broad SMARTS) is 1. The van der Waals surface area contributed by atoms with Gasteiger partial charge in [0.1, 0.15) is 12.8 Å². The second-order valence-corrected chi connectivity index (χ2v) is 2.93. The minimum Gasteiger partial charge on any atom is -0.481 e. The van der Waals surface area contributed by atoms with E-state index in [4.69, 9.17) is 5.11 Å². The maximum absolute atomic E-state index is 10.5. The van der Waals surface area contributed by atoms with Crippen LogP contribution < -0.4 is 51.4 Å². The molecule has 20 heavy (non-hydrogen) atoms. The standard InChI is InChI=1S/C6H10O4.C5H8O4.K/c1-3-10-6(8)4-5(7)9-2;1-2-9-5(8)3-4(6)7;/h3-4H2,1-2H3;2-3H2,1H3,(H,6,7);/q;;+1. The van der Waals surface area contributed by atoms with Gasteiger partial charge in [0.05, 0.1) is 20.3 Å². The molecule has 0 radical (unpaired) electrons. The van der Waals surface area contributed by atoms with Gasteiger partial charge >= 0.3 is 75.3 Å². The minimum absolute atomic E-state index is 0. The van der Waals surface area contributed by atoms with Gasteiger partial charge in [-0.3, -0.25) is 19.2 Å². The molecule has 0 fully saturated rings. The van der Waals surface area contributed by atoms with Gasteiger partial charge in [-0.1, -0.05) is 0 Å². The maximum atomic E-state index is 10.5. The van der Waals surface area contributed by atoms with E-state index in [-0.39, 0.29) is 71.0 Å². The van der Waals surface area contributed by atoms with Gasteiger partial charge in [-0.15, -0.1) is 0 Å². The predicted octanol–water partition coefficient (Wildman–Crippen LogP) is -2.86. The summed E-state index contributed by atoms with van der Waals surface area (Å²) in [7, 11) is 1.22. The first-order chi connectivity index (χ1) is 8.87. The van der Waals surface area contributed by atoms with Gasteiger partial charge in [0, 0.05) is 0 Å². The van der Waals surface area contributed by atoms with Crippen LogP contribution in [0.25, 0.3) is 0 Å². The van der Waals surface area contributed by atoms with Crippen molar-refractivity contribution < 1.29 is 89.9 Å². The molecule has 9 heteroatoms. The van der Waals surface area contributed by atoms with Crippen LogP contribution in [-0.4, -0.2) is 49.3 Å². The Morgan fingerprint density at radius 1 is 0.850 bits per heavy atom. The third-order valence-corrected chi connectivity index (χ3v) is 1.42. The first kappa shape index (κ1) is 24.5. The van der Waals surface area contributed by atoms with Crippen LogP contribution in [0.2, 0.25) is 0 Å². The van der Waals surface area contributed by atoms with Gasteiger partial charge in [0.15, 0.2) is 0 Å². The normalized spacial score (nSPS) is 8.15. The summed E-state index contributed by atoms with van der Waals surface area (Å²) >= 11 is 0. The average Bonchev–Trinajstić information content (AvgIpc) is 2.29. The minimum atomic E-state index is -1.16. The molecule has 0 saturated heterocycles. The molecule has 0 atom stereocenters. The molecular formula is C11H18KO8+. The number of hydrogen-bond acceptors (Lipinski definition) is 7. The number of carbonyl (C=O) groups excluding carboxylic acids is 3. The summed E-state index contributed by atoms with van der Waals surface area (Å²) in [5.74, 6) is -2.97. The molecule has 1 N–H and O–H groups in total. The quantitative estimate of drug-likeness (QED) is 0.241. The largest absolute Gasteiger partial charge is 1.00 e. The number of hydrogen-bond donors (Lipinski definition) is 1. The Balaban J connectivity index is -0.000000277. The van der Waals surface area contributed by atoms with Gasteiger partial charge < -0.3 is 19.3 Å². The van der Waals surface area contributed by atoms with Crippen LogP contribution in [0, 0.1) is 0 Å². The third-order valence-electron chi connectivity index (χ3n) is 1.42. The Bertz CT molecular complexity index is 316.